The fourth-order valence-corrected chi connectivity index (χ4v) is 2.98. The van der Waals surface area contributed by atoms with E-state index in [0.717, 1.165) is 21.9 Å². The largest absolute Gasteiger partial charge is 0.469 e. The van der Waals surface area contributed by atoms with Gasteiger partial charge < -0.3 is 9.73 Å². The van der Waals surface area contributed by atoms with Gasteiger partial charge in [-0.1, -0.05) is 34.8 Å². The first-order valence-electron chi connectivity index (χ1n) is 7.37. The van der Waals surface area contributed by atoms with Crippen LogP contribution in [0.1, 0.15) is 34.2 Å². The van der Waals surface area contributed by atoms with E-state index in [4.69, 9.17) is 4.42 Å². The molecule has 0 radical (unpaired) electrons. The van der Waals surface area contributed by atoms with Crippen LogP contribution in [0.15, 0.2) is 53.1 Å². The number of rotatable bonds is 6. The van der Waals surface area contributed by atoms with Crippen molar-refractivity contribution in [2.45, 2.75) is 25.8 Å². The van der Waals surface area contributed by atoms with Crippen molar-refractivity contribution in [2.24, 2.45) is 0 Å². The van der Waals surface area contributed by atoms with E-state index < -0.39 is 0 Å². The van der Waals surface area contributed by atoms with Crippen LogP contribution in [0.3, 0.4) is 0 Å². The first-order valence-corrected chi connectivity index (χ1v) is 8.14. The van der Waals surface area contributed by atoms with Gasteiger partial charge in [0.15, 0.2) is 0 Å². The molecule has 0 fully saturated rings. The quantitative estimate of drug-likeness (QED) is 0.754. The number of amides is 1. The monoisotopic (exact) mass is 327 g/mol. The summed E-state index contributed by atoms with van der Waals surface area (Å²) in [7, 11) is 0. The van der Waals surface area contributed by atoms with Crippen LogP contribution < -0.4 is 5.32 Å². The van der Waals surface area contributed by atoms with Gasteiger partial charge in [-0.05, 0) is 36.2 Å². The van der Waals surface area contributed by atoms with Crippen LogP contribution in [0.25, 0.3) is 0 Å². The van der Waals surface area contributed by atoms with E-state index in [1.54, 1.807) is 6.26 Å². The fourth-order valence-electron chi connectivity index (χ4n) is 2.41. The third kappa shape index (κ3) is 3.84. The zero-order valence-corrected chi connectivity index (χ0v) is 13.5. The van der Waals surface area contributed by atoms with Crippen molar-refractivity contribution in [2.75, 3.05) is 0 Å². The highest BCUT2D eigenvalue weighted by Crippen LogP contribution is 2.28. The van der Waals surface area contributed by atoms with Crippen molar-refractivity contribution in [3.63, 3.8) is 0 Å². The summed E-state index contributed by atoms with van der Waals surface area (Å²) >= 11 is 1.31. The zero-order chi connectivity index (χ0) is 16.1. The molecule has 0 bridgehead atoms. The summed E-state index contributed by atoms with van der Waals surface area (Å²) < 4.78 is 9.40. The van der Waals surface area contributed by atoms with Crippen molar-refractivity contribution >= 4 is 17.4 Å². The standard InChI is InChI=1S/C17H17N3O2S/c1-12-16(23-20-19-12)11-18-17(21)10-14(15-8-5-9-22-15)13-6-3-2-4-7-13/h2-9,14H,10-11H2,1H3,(H,18,21)/t14-/m1/s1. The van der Waals surface area contributed by atoms with Crippen molar-refractivity contribution < 1.29 is 9.21 Å². The Morgan fingerprint density at radius 1 is 1.26 bits per heavy atom. The second-order valence-corrected chi connectivity index (χ2v) is 6.08. The van der Waals surface area contributed by atoms with E-state index in [-0.39, 0.29) is 11.8 Å². The molecule has 3 rings (SSSR count). The van der Waals surface area contributed by atoms with Gasteiger partial charge in [-0.2, -0.15) is 0 Å². The molecule has 3 aromatic rings. The molecule has 23 heavy (non-hydrogen) atoms. The SMILES string of the molecule is Cc1nnsc1CNC(=O)C[C@H](c1ccccc1)c1ccco1. The molecule has 2 aromatic heterocycles. The van der Waals surface area contributed by atoms with Crippen LogP contribution >= 0.6 is 11.5 Å². The molecule has 0 aliphatic carbocycles. The molecule has 0 spiro atoms. The summed E-state index contributed by atoms with van der Waals surface area (Å²) in [6.07, 6.45) is 1.97. The Morgan fingerprint density at radius 2 is 2.09 bits per heavy atom. The normalized spacial score (nSPS) is 12.0. The molecule has 118 valence electrons. The minimum absolute atomic E-state index is 0.0250. The molecule has 0 aliphatic heterocycles. The van der Waals surface area contributed by atoms with Gasteiger partial charge in [-0.3, -0.25) is 4.79 Å². The molecular formula is C17H17N3O2S. The van der Waals surface area contributed by atoms with Gasteiger partial charge in [0, 0.05) is 6.42 Å². The Labute approximate surface area is 138 Å². The second kappa shape index (κ2) is 7.19. The Balaban J connectivity index is 1.69. The topological polar surface area (TPSA) is 68.0 Å². The highest BCUT2D eigenvalue weighted by molar-refractivity contribution is 7.05. The van der Waals surface area contributed by atoms with Crippen molar-refractivity contribution in [3.8, 4) is 0 Å². The van der Waals surface area contributed by atoms with Crippen LogP contribution in [0.4, 0.5) is 0 Å². The summed E-state index contributed by atoms with van der Waals surface area (Å²) in [5.41, 5.74) is 1.93. The number of hydrogen-bond donors (Lipinski definition) is 1. The smallest absolute Gasteiger partial charge is 0.221 e. The van der Waals surface area contributed by atoms with Crippen LogP contribution in [-0.4, -0.2) is 15.5 Å². The van der Waals surface area contributed by atoms with Gasteiger partial charge >= 0.3 is 0 Å². The number of benzene rings is 1. The highest BCUT2D eigenvalue weighted by Gasteiger charge is 2.20. The van der Waals surface area contributed by atoms with Crippen LogP contribution in [0, 0.1) is 6.92 Å². The summed E-state index contributed by atoms with van der Waals surface area (Å²) in [5.74, 6) is 0.678. The molecular weight excluding hydrogens is 310 g/mol. The number of aromatic nitrogens is 2. The molecule has 0 aliphatic rings. The lowest BCUT2D eigenvalue weighted by atomic mass is 9.93. The lowest BCUT2D eigenvalue weighted by molar-refractivity contribution is -0.121. The van der Waals surface area contributed by atoms with Crippen molar-refractivity contribution in [1.82, 2.24) is 14.9 Å². The third-order valence-corrected chi connectivity index (χ3v) is 4.49. The van der Waals surface area contributed by atoms with Crippen molar-refractivity contribution in [1.29, 1.82) is 0 Å². The van der Waals surface area contributed by atoms with Gasteiger partial charge in [0.2, 0.25) is 5.91 Å². The number of nitrogens with zero attached hydrogens (tertiary/aromatic N) is 2. The van der Waals surface area contributed by atoms with Crippen LogP contribution in [0.2, 0.25) is 0 Å². The molecule has 1 amide bonds. The molecule has 0 saturated heterocycles. The number of carbonyl (C=O) groups excluding carboxylic acids is 1. The average molecular weight is 327 g/mol. The Morgan fingerprint density at radius 3 is 2.74 bits per heavy atom. The first kappa shape index (κ1) is 15.4. The molecule has 2 heterocycles. The lowest BCUT2D eigenvalue weighted by Gasteiger charge is -2.15. The van der Waals surface area contributed by atoms with E-state index in [1.165, 1.54) is 11.5 Å². The summed E-state index contributed by atoms with van der Waals surface area (Å²) in [6.45, 7) is 2.35. The van der Waals surface area contributed by atoms with Crippen LogP contribution in [0.5, 0.6) is 0 Å². The molecule has 1 atom stereocenters. The Bertz CT molecular complexity index is 753. The molecule has 0 unspecified atom stereocenters. The summed E-state index contributed by atoms with van der Waals surface area (Å²) in [4.78, 5) is 13.3. The average Bonchev–Trinajstić information content (AvgIpc) is 3.23. The minimum Gasteiger partial charge on any atom is -0.469 e. The van der Waals surface area contributed by atoms with E-state index in [2.05, 4.69) is 14.9 Å². The fraction of sp³-hybridized carbons (Fsp3) is 0.235. The molecule has 1 aromatic carbocycles. The third-order valence-electron chi connectivity index (χ3n) is 3.67. The lowest BCUT2D eigenvalue weighted by Crippen LogP contribution is -2.24. The van der Waals surface area contributed by atoms with Gasteiger partial charge in [0.1, 0.15) is 5.76 Å². The maximum absolute atomic E-state index is 12.3. The van der Waals surface area contributed by atoms with E-state index in [9.17, 15) is 4.79 Å². The van der Waals surface area contributed by atoms with Gasteiger partial charge in [-0.15, -0.1) is 5.10 Å². The maximum Gasteiger partial charge on any atom is 0.221 e. The number of aryl methyl sites for hydroxylation is 1. The molecule has 1 N–H and O–H groups in total. The predicted octanol–water partition coefficient (Wildman–Crippen LogP) is 3.28. The van der Waals surface area contributed by atoms with Gasteiger partial charge in [-0.25, -0.2) is 0 Å². The number of carbonyl (C=O) groups is 1. The molecule has 6 heteroatoms. The molecule has 5 nitrogen and oxygen atoms in total. The first-order chi connectivity index (χ1) is 11.2. The number of nitrogens with one attached hydrogen (secondary N) is 1. The number of hydrogen-bond acceptors (Lipinski definition) is 5. The summed E-state index contributed by atoms with van der Waals surface area (Å²) in [5, 5.41) is 6.88. The van der Waals surface area contributed by atoms with E-state index >= 15 is 0 Å². The predicted molar refractivity (Wildman–Crippen MR) is 88.1 cm³/mol. The van der Waals surface area contributed by atoms with E-state index in [0.29, 0.717) is 13.0 Å². The van der Waals surface area contributed by atoms with Gasteiger partial charge in [0.05, 0.1) is 29.3 Å². The van der Waals surface area contributed by atoms with Crippen LogP contribution in [-0.2, 0) is 11.3 Å². The van der Waals surface area contributed by atoms with E-state index in [1.807, 2.05) is 49.4 Å². The Hall–Kier alpha value is -2.47. The molecule has 0 saturated carbocycles. The van der Waals surface area contributed by atoms with Crippen molar-refractivity contribution in [3.05, 3.63) is 70.6 Å². The van der Waals surface area contributed by atoms with Gasteiger partial charge in [0.25, 0.3) is 0 Å². The zero-order valence-electron chi connectivity index (χ0n) is 12.7. The summed E-state index contributed by atoms with van der Waals surface area (Å²) in [6, 6.07) is 13.7. The maximum atomic E-state index is 12.3. The Kier molecular flexibility index (Phi) is 4.83. The highest BCUT2D eigenvalue weighted by atomic mass is 32.1. The number of furan rings is 1. The minimum atomic E-state index is -0.0908. The second-order valence-electron chi connectivity index (χ2n) is 5.24.